The van der Waals surface area contributed by atoms with Crippen molar-refractivity contribution in [3.63, 3.8) is 0 Å². The van der Waals surface area contributed by atoms with Gasteiger partial charge in [-0.2, -0.15) is 0 Å². The molecular formula is C10H20N2. The lowest BCUT2D eigenvalue weighted by Gasteiger charge is -2.33. The highest BCUT2D eigenvalue weighted by Gasteiger charge is 2.49. The van der Waals surface area contributed by atoms with E-state index in [0.717, 1.165) is 6.04 Å². The maximum Gasteiger partial charge on any atom is 0.0167 e. The first-order valence-corrected chi connectivity index (χ1v) is 5.07. The highest BCUT2D eigenvalue weighted by molar-refractivity contribution is 5.04. The summed E-state index contributed by atoms with van der Waals surface area (Å²) in [6.45, 7) is 10.7. The molecule has 0 amide bonds. The molecule has 12 heavy (non-hydrogen) atoms. The predicted octanol–water partition coefficient (Wildman–Crippen LogP) is 1.08. The van der Waals surface area contributed by atoms with Crippen LogP contribution in [0.15, 0.2) is 0 Å². The minimum Gasteiger partial charge on any atom is -0.312 e. The molecule has 1 N–H and O–H groups in total. The fourth-order valence-electron chi connectivity index (χ4n) is 2.31. The second-order valence-electron chi connectivity index (χ2n) is 5.06. The number of hydrogen-bond acceptors (Lipinski definition) is 2. The second kappa shape index (κ2) is 2.71. The molecule has 0 radical (unpaired) electrons. The molecule has 1 heterocycles. The van der Waals surface area contributed by atoms with Crippen molar-refractivity contribution >= 4 is 0 Å². The van der Waals surface area contributed by atoms with E-state index in [-0.39, 0.29) is 0 Å². The smallest absolute Gasteiger partial charge is 0.0167 e. The molecule has 2 fully saturated rings. The molecule has 2 rings (SSSR count). The molecule has 0 aromatic heterocycles. The van der Waals surface area contributed by atoms with Gasteiger partial charge in [0.2, 0.25) is 0 Å². The summed E-state index contributed by atoms with van der Waals surface area (Å²) in [6.07, 6.45) is 1.40. The van der Waals surface area contributed by atoms with Crippen molar-refractivity contribution in [2.75, 3.05) is 19.6 Å². The lowest BCUT2D eigenvalue weighted by atomic mass is 10.1. The molecule has 0 aromatic rings. The summed E-state index contributed by atoms with van der Waals surface area (Å²) in [5, 5.41) is 3.48. The maximum absolute atomic E-state index is 3.48. The predicted molar refractivity (Wildman–Crippen MR) is 51.2 cm³/mol. The summed E-state index contributed by atoms with van der Waals surface area (Å²) in [5.41, 5.74) is 0.608. The van der Waals surface area contributed by atoms with Crippen LogP contribution in [0.25, 0.3) is 0 Å². The van der Waals surface area contributed by atoms with E-state index in [0.29, 0.717) is 11.5 Å². The summed E-state index contributed by atoms with van der Waals surface area (Å²) >= 11 is 0. The molecule has 1 aliphatic heterocycles. The Morgan fingerprint density at radius 2 is 2.08 bits per heavy atom. The van der Waals surface area contributed by atoms with Crippen LogP contribution in [0.3, 0.4) is 0 Å². The van der Waals surface area contributed by atoms with Crippen molar-refractivity contribution in [1.82, 2.24) is 10.2 Å². The van der Waals surface area contributed by atoms with E-state index in [4.69, 9.17) is 0 Å². The van der Waals surface area contributed by atoms with Crippen LogP contribution in [0.5, 0.6) is 0 Å². The van der Waals surface area contributed by atoms with E-state index < -0.39 is 0 Å². The Morgan fingerprint density at radius 1 is 1.42 bits per heavy atom. The second-order valence-corrected chi connectivity index (χ2v) is 5.06. The molecule has 0 aromatic carbocycles. The van der Waals surface area contributed by atoms with Gasteiger partial charge in [-0.3, -0.25) is 4.90 Å². The first-order valence-electron chi connectivity index (χ1n) is 5.07. The van der Waals surface area contributed by atoms with E-state index in [9.17, 15) is 0 Å². The monoisotopic (exact) mass is 168 g/mol. The lowest BCUT2D eigenvalue weighted by Crippen LogP contribution is -2.50. The average molecular weight is 168 g/mol. The Hall–Kier alpha value is -0.0800. The van der Waals surface area contributed by atoms with Crippen molar-refractivity contribution in [3.05, 3.63) is 0 Å². The van der Waals surface area contributed by atoms with E-state index in [1.807, 2.05) is 0 Å². The third-order valence-electron chi connectivity index (χ3n) is 3.30. The van der Waals surface area contributed by atoms with Crippen LogP contribution in [0.1, 0.15) is 27.2 Å². The molecule has 0 bridgehead atoms. The van der Waals surface area contributed by atoms with Gasteiger partial charge in [-0.05, 0) is 18.8 Å². The molecule has 2 aliphatic rings. The fourth-order valence-corrected chi connectivity index (χ4v) is 2.31. The Kier molecular flexibility index (Phi) is 1.92. The first-order chi connectivity index (χ1) is 5.59. The van der Waals surface area contributed by atoms with Crippen LogP contribution in [0, 0.1) is 5.41 Å². The van der Waals surface area contributed by atoms with Crippen molar-refractivity contribution in [1.29, 1.82) is 0 Å². The molecule has 0 spiro atoms. The van der Waals surface area contributed by atoms with Crippen LogP contribution in [-0.2, 0) is 0 Å². The molecule has 2 heteroatoms. The normalized spacial score (nSPS) is 41.2. The van der Waals surface area contributed by atoms with Gasteiger partial charge < -0.3 is 5.32 Å². The number of hydrogen-bond donors (Lipinski definition) is 1. The van der Waals surface area contributed by atoms with Gasteiger partial charge in [0.05, 0.1) is 0 Å². The minimum absolute atomic E-state index is 0.608. The van der Waals surface area contributed by atoms with E-state index >= 15 is 0 Å². The van der Waals surface area contributed by atoms with Gasteiger partial charge in [-0.15, -0.1) is 0 Å². The maximum atomic E-state index is 3.48. The minimum atomic E-state index is 0.608. The highest BCUT2D eigenvalue weighted by Crippen LogP contribution is 2.48. The van der Waals surface area contributed by atoms with Crippen molar-refractivity contribution in [3.8, 4) is 0 Å². The van der Waals surface area contributed by atoms with Gasteiger partial charge >= 0.3 is 0 Å². The molecule has 70 valence electrons. The van der Waals surface area contributed by atoms with E-state index in [2.05, 4.69) is 31.0 Å². The van der Waals surface area contributed by atoms with Crippen molar-refractivity contribution in [2.45, 2.75) is 39.3 Å². The molecule has 2 atom stereocenters. The zero-order valence-corrected chi connectivity index (χ0v) is 8.43. The Labute approximate surface area is 75.3 Å². The SMILES string of the molecule is CC1CN(C2CC2(C)C)CCN1. The highest BCUT2D eigenvalue weighted by atomic mass is 15.3. The first kappa shape index (κ1) is 8.52. The number of nitrogens with zero attached hydrogens (tertiary/aromatic N) is 1. The van der Waals surface area contributed by atoms with Crippen LogP contribution >= 0.6 is 0 Å². The molecule has 1 saturated heterocycles. The van der Waals surface area contributed by atoms with Crippen LogP contribution < -0.4 is 5.32 Å². The summed E-state index contributed by atoms with van der Waals surface area (Å²) in [6, 6.07) is 1.57. The number of piperazine rings is 1. The van der Waals surface area contributed by atoms with Crippen LogP contribution in [-0.4, -0.2) is 36.6 Å². The van der Waals surface area contributed by atoms with Gasteiger partial charge in [0.1, 0.15) is 0 Å². The van der Waals surface area contributed by atoms with Gasteiger partial charge in [0.15, 0.2) is 0 Å². The third-order valence-corrected chi connectivity index (χ3v) is 3.30. The average Bonchev–Trinajstić information content (AvgIpc) is 2.60. The Morgan fingerprint density at radius 3 is 2.58 bits per heavy atom. The number of rotatable bonds is 1. The quantitative estimate of drug-likeness (QED) is 0.630. The van der Waals surface area contributed by atoms with Crippen LogP contribution in [0.4, 0.5) is 0 Å². The fraction of sp³-hybridized carbons (Fsp3) is 1.00. The van der Waals surface area contributed by atoms with Gasteiger partial charge in [-0.1, -0.05) is 13.8 Å². The van der Waals surface area contributed by atoms with Gasteiger partial charge in [0, 0.05) is 31.7 Å². The van der Waals surface area contributed by atoms with E-state index in [1.54, 1.807) is 0 Å². The van der Waals surface area contributed by atoms with Crippen molar-refractivity contribution in [2.24, 2.45) is 5.41 Å². The zero-order valence-electron chi connectivity index (χ0n) is 8.43. The standard InChI is InChI=1S/C10H20N2/c1-8-7-12(5-4-11-8)9-6-10(9,2)3/h8-9,11H,4-7H2,1-3H3. The summed E-state index contributed by atoms with van der Waals surface area (Å²) in [7, 11) is 0. The molecule has 1 aliphatic carbocycles. The topological polar surface area (TPSA) is 15.3 Å². The molecule has 2 nitrogen and oxygen atoms in total. The molecular weight excluding hydrogens is 148 g/mol. The van der Waals surface area contributed by atoms with Gasteiger partial charge in [0.25, 0.3) is 0 Å². The summed E-state index contributed by atoms with van der Waals surface area (Å²) < 4.78 is 0. The number of nitrogens with one attached hydrogen (secondary N) is 1. The summed E-state index contributed by atoms with van der Waals surface area (Å²) in [5.74, 6) is 0. The van der Waals surface area contributed by atoms with Gasteiger partial charge in [-0.25, -0.2) is 0 Å². The lowest BCUT2D eigenvalue weighted by molar-refractivity contribution is 0.180. The van der Waals surface area contributed by atoms with E-state index in [1.165, 1.54) is 26.1 Å². The summed E-state index contributed by atoms with van der Waals surface area (Å²) in [4.78, 5) is 2.65. The third kappa shape index (κ3) is 1.50. The Balaban J connectivity index is 1.89. The zero-order chi connectivity index (χ0) is 8.77. The Bertz CT molecular complexity index is 177. The molecule has 1 saturated carbocycles. The molecule has 2 unspecified atom stereocenters. The van der Waals surface area contributed by atoms with Crippen LogP contribution in [0.2, 0.25) is 0 Å². The largest absolute Gasteiger partial charge is 0.312 e. The van der Waals surface area contributed by atoms with Crippen molar-refractivity contribution < 1.29 is 0 Å².